The highest BCUT2D eigenvalue weighted by atomic mass is 19.1. The number of rotatable bonds is 3. The van der Waals surface area contributed by atoms with Crippen LogP contribution in [0.5, 0.6) is 0 Å². The molecule has 0 bridgehead atoms. The molecule has 18 heavy (non-hydrogen) atoms. The third-order valence-electron chi connectivity index (χ3n) is 2.83. The number of amides is 2. The number of nitrogens with one attached hydrogen (secondary N) is 2. The van der Waals surface area contributed by atoms with Gasteiger partial charge in [-0.2, -0.15) is 0 Å². The number of carbonyl (C=O) groups is 2. The normalized spacial score (nSPS) is 19.6. The molecule has 2 amide bonds. The molecule has 1 aliphatic rings. The van der Waals surface area contributed by atoms with Gasteiger partial charge in [-0.05, 0) is 12.8 Å². The van der Waals surface area contributed by atoms with E-state index < -0.39 is 11.9 Å². The maximum Gasteiger partial charge on any atom is 0.249 e. The Kier molecular flexibility index (Phi) is 3.55. The summed E-state index contributed by atoms with van der Waals surface area (Å²) in [5.41, 5.74) is 0.836. The quantitative estimate of drug-likeness (QED) is 0.786. The Morgan fingerprint density at radius 1 is 1.56 bits per heavy atom. The topological polar surface area (TPSA) is 71.1 Å². The van der Waals surface area contributed by atoms with E-state index in [0.29, 0.717) is 24.2 Å². The van der Waals surface area contributed by atoms with E-state index >= 15 is 0 Å². The number of hydrogen-bond donors (Lipinski definition) is 2. The maximum atomic E-state index is 13.5. The molecule has 1 aliphatic heterocycles. The van der Waals surface area contributed by atoms with Gasteiger partial charge in [0.25, 0.3) is 0 Å². The molecular weight excluding hydrogens is 237 g/mol. The highest BCUT2D eigenvalue weighted by Gasteiger charge is 2.26. The van der Waals surface area contributed by atoms with Crippen LogP contribution < -0.4 is 10.6 Å². The molecule has 1 saturated heterocycles. The Morgan fingerprint density at radius 2 is 2.33 bits per heavy atom. The summed E-state index contributed by atoms with van der Waals surface area (Å²) < 4.78 is 13.5. The smallest absolute Gasteiger partial charge is 0.249 e. The van der Waals surface area contributed by atoms with Gasteiger partial charge < -0.3 is 5.32 Å². The monoisotopic (exact) mass is 251 g/mol. The van der Waals surface area contributed by atoms with Crippen LogP contribution in [0.3, 0.4) is 0 Å². The molecule has 0 spiro atoms. The van der Waals surface area contributed by atoms with E-state index in [1.807, 2.05) is 6.92 Å². The molecule has 0 radical (unpaired) electrons. The minimum atomic E-state index is -0.517. The van der Waals surface area contributed by atoms with Crippen LogP contribution in [0.1, 0.15) is 25.5 Å². The zero-order valence-corrected chi connectivity index (χ0v) is 10.00. The van der Waals surface area contributed by atoms with E-state index in [-0.39, 0.29) is 18.2 Å². The third-order valence-corrected chi connectivity index (χ3v) is 2.83. The number of anilines is 1. The Balaban J connectivity index is 2.07. The van der Waals surface area contributed by atoms with E-state index in [0.717, 1.165) is 0 Å². The van der Waals surface area contributed by atoms with Crippen LogP contribution in [-0.4, -0.2) is 22.8 Å². The lowest BCUT2D eigenvalue weighted by atomic mass is 10.1. The average Bonchev–Trinajstić information content (AvgIpc) is 2.33. The summed E-state index contributed by atoms with van der Waals surface area (Å²) in [7, 11) is 0. The van der Waals surface area contributed by atoms with E-state index in [1.165, 1.54) is 12.3 Å². The van der Waals surface area contributed by atoms with Crippen molar-refractivity contribution in [3.63, 3.8) is 0 Å². The predicted octanol–water partition coefficient (Wildman–Crippen LogP) is 1.00. The molecule has 2 N–H and O–H groups in total. The summed E-state index contributed by atoms with van der Waals surface area (Å²) in [6, 6.07) is 0.798. The van der Waals surface area contributed by atoms with Crippen LogP contribution in [0.4, 0.5) is 10.1 Å². The Hall–Kier alpha value is -1.98. The molecular formula is C12H14FN3O2. The van der Waals surface area contributed by atoms with E-state index in [9.17, 15) is 14.0 Å². The standard InChI is InChI=1S/C12H14FN3O2/c1-2-9-8(13)5-7(6-14-9)15-10-3-4-11(17)16-12(10)18/h5-6,10,15H,2-4H2,1H3,(H,16,17,18). The first-order valence-corrected chi connectivity index (χ1v) is 5.84. The average molecular weight is 251 g/mol. The number of piperidine rings is 1. The van der Waals surface area contributed by atoms with Crippen LogP contribution in [0.15, 0.2) is 12.3 Å². The van der Waals surface area contributed by atoms with Crippen LogP contribution >= 0.6 is 0 Å². The minimum absolute atomic E-state index is 0.274. The van der Waals surface area contributed by atoms with Gasteiger partial charge in [0, 0.05) is 12.5 Å². The number of aryl methyl sites for hydroxylation is 1. The van der Waals surface area contributed by atoms with Crippen molar-refractivity contribution in [3.8, 4) is 0 Å². The summed E-state index contributed by atoms with van der Waals surface area (Å²) in [4.78, 5) is 26.5. The molecule has 0 aliphatic carbocycles. The van der Waals surface area contributed by atoms with Crippen LogP contribution in [0.2, 0.25) is 0 Å². The maximum absolute atomic E-state index is 13.5. The molecule has 1 fully saturated rings. The van der Waals surface area contributed by atoms with Gasteiger partial charge in [-0.1, -0.05) is 6.92 Å². The third kappa shape index (κ3) is 2.64. The lowest BCUT2D eigenvalue weighted by Crippen LogP contribution is -2.47. The molecule has 6 heteroatoms. The molecule has 5 nitrogen and oxygen atoms in total. The number of hydrogen-bond acceptors (Lipinski definition) is 4. The summed E-state index contributed by atoms with van der Waals surface area (Å²) in [6.45, 7) is 1.82. The highest BCUT2D eigenvalue weighted by molar-refractivity contribution is 6.01. The van der Waals surface area contributed by atoms with Gasteiger partial charge in [0.2, 0.25) is 11.8 Å². The number of pyridine rings is 1. The van der Waals surface area contributed by atoms with Gasteiger partial charge in [0.1, 0.15) is 11.9 Å². The summed E-state index contributed by atoms with van der Waals surface area (Å²) in [5.74, 6) is -1.05. The molecule has 1 unspecified atom stereocenters. The van der Waals surface area contributed by atoms with Gasteiger partial charge in [-0.15, -0.1) is 0 Å². The first kappa shape index (κ1) is 12.5. The molecule has 96 valence electrons. The molecule has 1 aromatic rings. The van der Waals surface area contributed by atoms with E-state index in [1.54, 1.807) is 0 Å². The predicted molar refractivity (Wildman–Crippen MR) is 63.4 cm³/mol. The zero-order chi connectivity index (χ0) is 13.1. The molecule has 1 atom stereocenters. The molecule has 0 aromatic carbocycles. The Bertz CT molecular complexity index is 490. The lowest BCUT2D eigenvalue weighted by Gasteiger charge is -2.22. The fourth-order valence-electron chi connectivity index (χ4n) is 1.84. The van der Waals surface area contributed by atoms with Crippen molar-refractivity contribution < 1.29 is 14.0 Å². The Labute approximate surface area is 104 Å². The van der Waals surface area contributed by atoms with Gasteiger partial charge in [-0.3, -0.25) is 19.9 Å². The number of carbonyl (C=O) groups excluding carboxylic acids is 2. The zero-order valence-electron chi connectivity index (χ0n) is 10.00. The number of aromatic nitrogens is 1. The van der Waals surface area contributed by atoms with Gasteiger partial charge in [0.15, 0.2) is 0 Å². The van der Waals surface area contributed by atoms with Crippen molar-refractivity contribution in [2.45, 2.75) is 32.2 Å². The van der Waals surface area contributed by atoms with Crippen molar-refractivity contribution in [1.29, 1.82) is 0 Å². The SMILES string of the molecule is CCc1ncc(NC2CCC(=O)NC2=O)cc1F. The van der Waals surface area contributed by atoms with Crippen molar-refractivity contribution in [2.75, 3.05) is 5.32 Å². The summed E-state index contributed by atoms with van der Waals surface area (Å²) >= 11 is 0. The number of halogens is 1. The fourth-order valence-corrected chi connectivity index (χ4v) is 1.84. The number of nitrogens with zero attached hydrogens (tertiary/aromatic N) is 1. The van der Waals surface area contributed by atoms with Crippen molar-refractivity contribution >= 4 is 17.5 Å². The van der Waals surface area contributed by atoms with Gasteiger partial charge in [-0.25, -0.2) is 4.39 Å². The number of imide groups is 1. The summed E-state index contributed by atoms with van der Waals surface area (Å²) in [5, 5.41) is 5.11. The molecule has 0 saturated carbocycles. The molecule has 2 heterocycles. The van der Waals surface area contributed by atoms with Crippen LogP contribution in [-0.2, 0) is 16.0 Å². The van der Waals surface area contributed by atoms with Gasteiger partial charge >= 0.3 is 0 Å². The van der Waals surface area contributed by atoms with Gasteiger partial charge in [0.05, 0.1) is 17.6 Å². The fraction of sp³-hybridized carbons (Fsp3) is 0.417. The van der Waals surface area contributed by atoms with E-state index in [2.05, 4.69) is 15.6 Å². The molecule has 2 rings (SSSR count). The minimum Gasteiger partial charge on any atom is -0.372 e. The first-order chi connectivity index (χ1) is 8.60. The Morgan fingerprint density at radius 3 is 2.94 bits per heavy atom. The second kappa shape index (κ2) is 5.12. The van der Waals surface area contributed by atoms with Crippen LogP contribution in [0, 0.1) is 5.82 Å². The van der Waals surface area contributed by atoms with E-state index in [4.69, 9.17) is 0 Å². The second-order valence-corrected chi connectivity index (χ2v) is 4.15. The largest absolute Gasteiger partial charge is 0.372 e. The highest BCUT2D eigenvalue weighted by Crippen LogP contribution is 2.16. The summed E-state index contributed by atoms with van der Waals surface area (Å²) in [6.07, 6.45) is 2.70. The first-order valence-electron chi connectivity index (χ1n) is 5.84. The van der Waals surface area contributed by atoms with Crippen LogP contribution in [0.25, 0.3) is 0 Å². The lowest BCUT2D eigenvalue weighted by molar-refractivity contribution is -0.133. The van der Waals surface area contributed by atoms with Crippen molar-refractivity contribution in [3.05, 3.63) is 23.8 Å². The van der Waals surface area contributed by atoms with Crippen molar-refractivity contribution in [2.24, 2.45) is 0 Å². The molecule has 1 aromatic heterocycles. The second-order valence-electron chi connectivity index (χ2n) is 4.15. The van der Waals surface area contributed by atoms with Crippen molar-refractivity contribution in [1.82, 2.24) is 10.3 Å².